The lowest BCUT2D eigenvalue weighted by Gasteiger charge is -2.21. The maximum Gasteiger partial charge on any atom is 0.325 e. The molecule has 2 N–H and O–H groups in total. The van der Waals surface area contributed by atoms with Gasteiger partial charge in [0.1, 0.15) is 11.4 Å². The SMILES string of the molecule is COC[C@]1(C)NC(=O)N(C[C@H](O)c2ccccc2F)C1=O. The van der Waals surface area contributed by atoms with Crippen LogP contribution in [0.15, 0.2) is 24.3 Å². The van der Waals surface area contributed by atoms with Gasteiger partial charge in [-0.1, -0.05) is 18.2 Å². The molecule has 1 aliphatic heterocycles. The molecule has 114 valence electrons. The van der Waals surface area contributed by atoms with E-state index in [0.29, 0.717) is 0 Å². The van der Waals surface area contributed by atoms with Gasteiger partial charge in [-0.05, 0) is 13.0 Å². The van der Waals surface area contributed by atoms with Crippen LogP contribution in [0.3, 0.4) is 0 Å². The zero-order chi connectivity index (χ0) is 15.6. The van der Waals surface area contributed by atoms with Crippen LogP contribution in [0.25, 0.3) is 0 Å². The van der Waals surface area contributed by atoms with E-state index in [4.69, 9.17) is 4.74 Å². The molecule has 2 atom stereocenters. The van der Waals surface area contributed by atoms with Crippen LogP contribution in [0.4, 0.5) is 9.18 Å². The fraction of sp³-hybridized carbons (Fsp3) is 0.429. The molecule has 0 saturated carbocycles. The molecule has 1 aromatic carbocycles. The van der Waals surface area contributed by atoms with Gasteiger partial charge in [0.25, 0.3) is 5.91 Å². The Morgan fingerprint density at radius 2 is 2.10 bits per heavy atom. The van der Waals surface area contributed by atoms with Gasteiger partial charge >= 0.3 is 6.03 Å². The minimum Gasteiger partial charge on any atom is -0.386 e. The van der Waals surface area contributed by atoms with Crippen molar-refractivity contribution in [3.8, 4) is 0 Å². The van der Waals surface area contributed by atoms with Crippen molar-refractivity contribution in [3.63, 3.8) is 0 Å². The Kier molecular flexibility index (Phi) is 4.24. The van der Waals surface area contributed by atoms with Crippen molar-refractivity contribution in [1.82, 2.24) is 10.2 Å². The quantitative estimate of drug-likeness (QED) is 0.788. The molecule has 0 radical (unpaired) electrons. The molecule has 1 fully saturated rings. The monoisotopic (exact) mass is 296 g/mol. The third kappa shape index (κ3) is 2.88. The Morgan fingerprint density at radius 1 is 1.43 bits per heavy atom. The predicted octanol–water partition coefficient (Wildman–Crippen LogP) is 0.816. The normalized spacial score (nSPS) is 23.3. The second kappa shape index (κ2) is 5.79. The molecular formula is C14H17FN2O4. The van der Waals surface area contributed by atoms with Gasteiger partial charge in [0.15, 0.2) is 0 Å². The zero-order valence-electron chi connectivity index (χ0n) is 11.8. The highest BCUT2D eigenvalue weighted by Gasteiger charge is 2.48. The fourth-order valence-electron chi connectivity index (χ4n) is 2.32. The van der Waals surface area contributed by atoms with E-state index >= 15 is 0 Å². The Labute approximate surface area is 121 Å². The van der Waals surface area contributed by atoms with Gasteiger partial charge in [0, 0.05) is 12.7 Å². The van der Waals surface area contributed by atoms with E-state index in [9.17, 15) is 19.1 Å². The largest absolute Gasteiger partial charge is 0.386 e. The van der Waals surface area contributed by atoms with Crippen molar-refractivity contribution in [3.05, 3.63) is 35.6 Å². The summed E-state index contributed by atoms with van der Waals surface area (Å²) >= 11 is 0. The molecule has 0 unspecified atom stereocenters. The first-order valence-corrected chi connectivity index (χ1v) is 6.44. The smallest absolute Gasteiger partial charge is 0.325 e. The van der Waals surface area contributed by atoms with E-state index in [1.165, 1.54) is 32.2 Å². The molecule has 1 aromatic rings. The second-order valence-corrected chi connectivity index (χ2v) is 5.15. The van der Waals surface area contributed by atoms with Crippen molar-refractivity contribution in [2.75, 3.05) is 20.3 Å². The van der Waals surface area contributed by atoms with Gasteiger partial charge in [-0.2, -0.15) is 0 Å². The number of methoxy groups -OCH3 is 1. The van der Waals surface area contributed by atoms with Gasteiger partial charge in [0.2, 0.25) is 0 Å². The summed E-state index contributed by atoms with van der Waals surface area (Å²) in [5.41, 5.74) is -1.13. The lowest BCUT2D eigenvalue weighted by molar-refractivity contribution is -0.133. The molecule has 1 heterocycles. The molecule has 1 aliphatic rings. The number of aliphatic hydroxyl groups excluding tert-OH is 1. The number of imide groups is 1. The summed E-state index contributed by atoms with van der Waals surface area (Å²) in [5, 5.41) is 12.6. The van der Waals surface area contributed by atoms with E-state index in [1.807, 2.05) is 0 Å². The standard InChI is InChI=1S/C14H17FN2O4/c1-14(8-21-2)12(19)17(13(20)16-14)7-11(18)9-5-3-4-6-10(9)15/h3-6,11,18H,7-8H2,1-2H3,(H,16,20)/t11-,14-/m0/s1. The van der Waals surface area contributed by atoms with Gasteiger partial charge < -0.3 is 15.2 Å². The van der Waals surface area contributed by atoms with Crippen molar-refractivity contribution in [1.29, 1.82) is 0 Å². The van der Waals surface area contributed by atoms with Crippen LogP contribution in [0.1, 0.15) is 18.6 Å². The number of benzene rings is 1. The van der Waals surface area contributed by atoms with Crippen LogP contribution in [0.2, 0.25) is 0 Å². The highest BCUT2D eigenvalue weighted by molar-refractivity contribution is 6.06. The summed E-state index contributed by atoms with van der Waals surface area (Å²) < 4.78 is 18.5. The van der Waals surface area contributed by atoms with E-state index in [2.05, 4.69) is 5.32 Å². The predicted molar refractivity (Wildman–Crippen MR) is 71.9 cm³/mol. The molecule has 6 nitrogen and oxygen atoms in total. The Balaban J connectivity index is 2.15. The van der Waals surface area contributed by atoms with E-state index in [1.54, 1.807) is 6.07 Å². The summed E-state index contributed by atoms with van der Waals surface area (Å²) in [7, 11) is 1.42. The third-order valence-corrected chi connectivity index (χ3v) is 3.40. The number of aliphatic hydroxyl groups is 1. The van der Waals surface area contributed by atoms with Gasteiger partial charge in [-0.25, -0.2) is 9.18 Å². The Bertz CT molecular complexity index is 566. The summed E-state index contributed by atoms with van der Waals surface area (Å²) in [6.45, 7) is 1.24. The average Bonchev–Trinajstić information content (AvgIpc) is 2.63. The number of halogens is 1. The maximum absolute atomic E-state index is 13.6. The highest BCUT2D eigenvalue weighted by atomic mass is 19.1. The van der Waals surface area contributed by atoms with Gasteiger partial charge in [-0.15, -0.1) is 0 Å². The fourth-order valence-corrected chi connectivity index (χ4v) is 2.32. The molecule has 2 rings (SSSR count). The van der Waals surface area contributed by atoms with Crippen LogP contribution in [0, 0.1) is 5.82 Å². The van der Waals surface area contributed by atoms with Crippen molar-refractivity contribution < 1.29 is 23.8 Å². The molecule has 21 heavy (non-hydrogen) atoms. The number of rotatable bonds is 5. The maximum atomic E-state index is 13.6. The molecule has 0 aliphatic carbocycles. The van der Waals surface area contributed by atoms with Crippen LogP contribution in [0.5, 0.6) is 0 Å². The van der Waals surface area contributed by atoms with Gasteiger partial charge in [0.05, 0.1) is 19.3 Å². The molecule has 0 spiro atoms. The Morgan fingerprint density at radius 3 is 2.71 bits per heavy atom. The summed E-state index contributed by atoms with van der Waals surface area (Å²) in [4.78, 5) is 25.0. The molecule has 0 aromatic heterocycles. The van der Waals surface area contributed by atoms with E-state index in [-0.39, 0.29) is 18.7 Å². The lowest BCUT2D eigenvalue weighted by Crippen LogP contribution is -2.48. The number of β-amino-alcohol motifs (C(OH)–C–C–N with tert-alkyl or cyclic N) is 1. The number of ether oxygens (including phenoxy) is 1. The van der Waals surface area contributed by atoms with Crippen LogP contribution >= 0.6 is 0 Å². The number of carbonyl (C=O) groups is 2. The number of urea groups is 1. The van der Waals surface area contributed by atoms with Crippen molar-refractivity contribution in [2.45, 2.75) is 18.6 Å². The summed E-state index contributed by atoms with van der Waals surface area (Å²) in [6.07, 6.45) is -1.29. The molecule has 3 amide bonds. The molecule has 7 heteroatoms. The highest BCUT2D eigenvalue weighted by Crippen LogP contribution is 2.23. The lowest BCUT2D eigenvalue weighted by atomic mass is 10.0. The average molecular weight is 296 g/mol. The summed E-state index contributed by atoms with van der Waals surface area (Å²) in [6, 6.07) is 5.05. The topological polar surface area (TPSA) is 78.9 Å². The number of nitrogens with zero attached hydrogens (tertiary/aromatic N) is 1. The van der Waals surface area contributed by atoms with Crippen LogP contribution < -0.4 is 5.32 Å². The number of carbonyl (C=O) groups excluding carboxylic acids is 2. The first-order chi connectivity index (χ1) is 9.89. The third-order valence-electron chi connectivity index (χ3n) is 3.40. The molecular weight excluding hydrogens is 279 g/mol. The number of amides is 3. The first-order valence-electron chi connectivity index (χ1n) is 6.44. The number of nitrogens with one attached hydrogen (secondary N) is 1. The minimum atomic E-state index is -1.29. The first kappa shape index (κ1) is 15.4. The van der Waals surface area contributed by atoms with Crippen LogP contribution in [-0.4, -0.2) is 47.7 Å². The minimum absolute atomic E-state index is 0.0177. The van der Waals surface area contributed by atoms with E-state index in [0.717, 1.165) is 4.90 Å². The number of hydrogen-bond donors (Lipinski definition) is 2. The second-order valence-electron chi connectivity index (χ2n) is 5.15. The molecule has 0 bridgehead atoms. The summed E-state index contributed by atoms with van der Waals surface area (Å²) in [5.74, 6) is -1.10. The van der Waals surface area contributed by atoms with Gasteiger partial charge in [-0.3, -0.25) is 9.69 Å². The Hall–Kier alpha value is -1.99. The van der Waals surface area contributed by atoms with Crippen LogP contribution in [-0.2, 0) is 9.53 Å². The number of hydrogen-bond acceptors (Lipinski definition) is 4. The zero-order valence-corrected chi connectivity index (χ0v) is 11.8. The van der Waals surface area contributed by atoms with Crippen molar-refractivity contribution in [2.24, 2.45) is 0 Å². The molecule has 1 saturated heterocycles. The van der Waals surface area contributed by atoms with Crippen molar-refractivity contribution >= 4 is 11.9 Å². The van der Waals surface area contributed by atoms with E-state index < -0.39 is 29.4 Å².